The molecule has 2 aromatic carbocycles. The zero-order chi connectivity index (χ0) is 18.2. The number of benzene rings is 2. The van der Waals surface area contributed by atoms with E-state index in [1.54, 1.807) is 18.2 Å². The van der Waals surface area contributed by atoms with Gasteiger partial charge >= 0.3 is 0 Å². The lowest BCUT2D eigenvalue weighted by molar-refractivity contribution is 0.602. The van der Waals surface area contributed by atoms with Gasteiger partial charge in [-0.15, -0.1) is 0 Å². The Morgan fingerprint density at radius 2 is 1.72 bits per heavy atom. The smallest absolute Gasteiger partial charge is 0.263 e. The van der Waals surface area contributed by atoms with Gasteiger partial charge in [-0.2, -0.15) is 0 Å². The minimum absolute atomic E-state index is 0.129. The fourth-order valence-electron chi connectivity index (χ4n) is 2.49. The van der Waals surface area contributed by atoms with E-state index in [0.717, 1.165) is 11.1 Å². The number of nitrogens with one attached hydrogen (secondary N) is 1. The van der Waals surface area contributed by atoms with E-state index in [0.29, 0.717) is 14.6 Å². The molecule has 6 nitrogen and oxygen atoms in total. The maximum atomic E-state index is 12.9. The molecule has 3 rings (SSSR count). The Bertz CT molecular complexity index is 1060. The van der Waals surface area contributed by atoms with E-state index in [4.69, 9.17) is 0 Å². The van der Waals surface area contributed by atoms with Gasteiger partial charge in [0.2, 0.25) is 0 Å². The fraction of sp³-hybridized carbons (Fsp3) is 0.125. The lowest BCUT2D eigenvalue weighted by atomic mass is 10.1. The summed E-state index contributed by atoms with van der Waals surface area (Å²) in [6.07, 6.45) is 1.43. The van der Waals surface area contributed by atoms with Crippen LogP contribution in [-0.2, 0) is 10.0 Å². The molecular formula is C16H14Br2N4O2S. The van der Waals surface area contributed by atoms with Gasteiger partial charge in [-0.1, -0.05) is 24.3 Å². The summed E-state index contributed by atoms with van der Waals surface area (Å²) in [6.45, 7) is 0. The molecule has 1 N–H and O–H groups in total. The van der Waals surface area contributed by atoms with Gasteiger partial charge in [-0.05, 0) is 44.0 Å². The Morgan fingerprint density at radius 3 is 2.40 bits per heavy atom. The minimum Gasteiger partial charge on any atom is -0.377 e. The van der Waals surface area contributed by atoms with Crippen molar-refractivity contribution in [2.75, 3.05) is 23.7 Å². The second-order valence-electron chi connectivity index (χ2n) is 5.46. The molecule has 130 valence electrons. The number of anilines is 2. The van der Waals surface area contributed by atoms with E-state index in [-0.39, 0.29) is 10.7 Å². The van der Waals surface area contributed by atoms with Gasteiger partial charge in [-0.25, -0.2) is 18.4 Å². The normalized spacial score (nSPS) is 11.5. The number of nitrogens with zero attached hydrogens (tertiary/aromatic N) is 3. The number of aromatic nitrogens is 2. The Morgan fingerprint density at radius 1 is 1.04 bits per heavy atom. The first-order valence-corrected chi connectivity index (χ1v) is 10.3. The van der Waals surface area contributed by atoms with Crippen LogP contribution in [0.4, 0.5) is 11.5 Å². The Labute approximate surface area is 162 Å². The van der Waals surface area contributed by atoms with E-state index in [2.05, 4.69) is 46.5 Å². The van der Waals surface area contributed by atoms with Crippen molar-refractivity contribution in [3.8, 4) is 0 Å². The molecular weight excluding hydrogens is 472 g/mol. The van der Waals surface area contributed by atoms with Crippen molar-refractivity contribution in [1.82, 2.24) is 9.97 Å². The predicted octanol–water partition coefficient (Wildman–Crippen LogP) is 4.02. The summed E-state index contributed by atoms with van der Waals surface area (Å²) < 4.78 is 29.1. The highest BCUT2D eigenvalue weighted by atomic mass is 79.9. The third-order valence-electron chi connectivity index (χ3n) is 3.56. The molecule has 0 aliphatic carbocycles. The molecule has 0 fully saturated rings. The van der Waals surface area contributed by atoms with Crippen LogP contribution in [0.5, 0.6) is 0 Å². The average molecular weight is 486 g/mol. The van der Waals surface area contributed by atoms with E-state index >= 15 is 0 Å². The van der Waals surface area contributed by atoms with Crippen LogP contribution in [0.1, 0.15) is 0 Å². The third-order valence-corrected chi connectivity index (χ3v) is 5.89. The van der Waals surface area contributed by atoms with Gasteiger partial charge in [0.05, 0.1) is 11.1 Å². The van der Waals surface area contributed by atoms with Crippen molar-refractivity contribution in [3.63, 3.8) is 0 Å². The molecule has 0 saturated heterocycles. The fourth-order valence-corrected chi connectivity index (χ4v) is 4.77. The molecule has 0 aliphatic heterocycles. The molecule has 1 heterocycles. The molecule has 0 saturated carbocycles. The largest absolute Gasteiger partial charge is 0.377 e. The van der Waals surface area contributed by atoms with Crippen LogP contribution in [0.3, 0.4) is 0 Å². The summed E-state index contributed by atoms with van der Waals surface area (Å²) in [6, 6.07) is 10.8. The first kappa shape index (κ1) is 18.1. The van der Waals surface area contributed by atoms with Crippen LogP contribution in [-0.4, -0.2) is 32.5 Å². The van der Waals surface area contributed by atoms with Crippen LogP contribution >= 0.6 is 31.9 Å². The standard InChI is InChI=1S/C16H14Br2N4O2S/c1-22(2)12-7-3-6-11-10(12)5-4-8-13(11)25(23,24)21-16-15(18)20-14(17)9-19-16/h3-9H,1-2H3,(H,19,21). The van der Waals surface area contributed by atoms with Gasteiger partial charge < -0.3 is 4.90 Å². The first-order chi connectivity index (χ1) is 11.8. The molecule has 0 amide bonds. The SMILES string of the molecule is CN(C)c1cccc2c(S(=O)(=O)Nc3ncc(Br)nc3Br)cccc12. The zero-order valence-electron chi connectivity index (χ0n) is 13.4. The maximum absolute atomic E-state index is 12.9. The molecule has 0 unspecified atom stereocenters. The van der Waals surface area contributed by atoms with Crippen molar-refractivity contribution in [2.45, 2.75) is 4.90 Å². The van der Waals surface area contributed by atoms with Crippen LogP contribution in [0.2, 0.25) is 0 Å². The van der Waals surface area contributed by atoms with Crippen LogP contribution in [0.15, 0.2) is 56.7 Å². The van der Waals surface area contributed by atoms with Crippen molar-refractivity contribution >= 4 is 64.2 Å². The maximum Gasteiger partial charge on any atom is 0.263 e. The number of hydrogen-bond donors (Lipinski definition) is 1. The van der Waals surface area contributed by atoms with Gasteiger partial charge in [0, 0.05) is 30.6 Å². The lowest BCUT2D eigenvalue weighted by Crippen LogP contribution is -2.15. The molecule has 9 heteroatoms. The Hall–Kier alpha value is -1.71. The second kappa shape index (κ2) is 6.89. The lowest BCUT2D eigenvalue weighted by Gasteiger charge is -2.17. The molecule has 0 spiro atoms. The number of halogens is 2. The summed E-state index contributed by atoms with van der Waals surface area (Å²) in [5.74, 6) is 0.129. The zero-order valence-corrected chi connectivity index (χ0v) is 17.4. The topological polar surface area (TPSA) is 75.2 Å². The van der Waals surface area contributed by atoms with Gasteiger partial charge in [0.1, 0.15) is 4.60 Å². The summed E-state index contributed by atoms with van der Waals surface area (Å²) in [4.78, 5) is 10.3. The first-order valence-electron chi connectivity index (χ1n) is 7.19. The molecule has 0 atom stereocenters. The van der Waals surface area contributed by atoms with E-state index in [1.165, 1.54) is 6.20 Å². The summed E-state index contributed by atoms with van der Waals surface area (Å²) in [7, 11) is 0.00468. The summed E-state index contributed by atoms with van der Waals surface area (Å²) in [5, 5.41) is 1.50. The highest BCUT2D eigenvalue weighted by molar-refractivity contribution is 9.11. The Balaban J connectivity index is 2.13. The predicted molar refractivity (Wildman–Crippen MR) is 107 cm³/mol. The van der Waals surface area contributed by atoms with E-state index in [9.17, 15) is 8.42 Å². The Kier molecular flexibility index (Phi) is 4.99. The van der Waals surface area contributed by atoms with Crippen molar-refractivity contribution < 1.29 is 8.42 Å². The second-order valence-corrected chi connectivity index (χ2v) is 8.67. The minimum atomic E-state index is -3.83. The summed E-state index contributed by atoms with van der Waals surface area (Å²) >= 11 is 6.40. The molecule has 25 heavy (non-hydrogen) atoms. The van der Waals surface area contributed by atoms with Gasteiger partial charge in [-0.3, -0.25) is 4.72 Å². The van der Waals surface area contributed by atoms with Crippen LogP contribution < -0.4 is 9.62 Å². The van der Waals surface area contributed by atoms with Crippen LogP contribution in [0.25, 0.3) is 10.8 Å². The monoisotopic (exact) mass is 484 g/mol. The highest BCUT2D eigenvalue weighted by Gasteiger charge is 2.20. The average Bonchev–Trinajstić information content (AvgIpc) is 2.56. The third kappa shape index (κ3) is 3.63. The number of sulfonamides is 1. The number of rotatable bonds is 4. The molecule has 0 bridgehead atoms. The molecule has 0 radical (unpaired) electrons. The highest BCUT2D eigenvalue weighted by Crippen LogP contribution is 2.31. The number of fused-ring (bicyclic) bond motifs is 1. The van der Waals surface area contributed by atoms with E-state index in [1.807, 2.05) is 37.2 Å². The van der Waals surface area contributed by atoms with Crippen molar-refractivity contribution in [3.05, 3.63) is 51.8 Å². The quantitative estimate of drug-likeness (QED) is 0.603. The van der Waals surface area contributed by atoms with Gasteiger partial charge in [0.25, 0.3) is 10.0 Å². The van der Waals surface area contributed by atoms with E-state index < -0.39 is 10.0 Å². The van der Waals surface area contributed by atoms with Crippen molar-refractivity contribution in [2.24, 2.45) is 0 Å². The number of hydrogen-bond acceptors (Lipinski definition) is 5. The van der Waals surface area contributed by atoms with Crippen molar-refractivity contribution in [1.29, 1.82) is 0 Å². The molecule has 1 aromatic heterocycles. The van der Waals surface area contributed by atoms with Gasteiger partial charge in [0.15, 0.2) is 10.4 Å². The molecule has 3 aromatic rings. The summed E-state index contributed by atoms with van der Waals surface area (Å²) in [5.41, 5.74) is 0.944. The molecule has 0 aliphatic rings. The van der Waals surface area contributed by atoms with Crippen LogP contribution in [0, 0.1) is 0 Å².